The van der Waals surface area contributed by atoms with Gasteiger partial charge in [0.05, 0.1) is 19.3 Å². The molecule has 0 amide bonds. The molecule has 4 nitrogen and oxygen atoms in total. The van der Waals surface area contributed by atoms with E-state index in [2.05, 4.69) is 12.2 Å². The molecule has 0 heterocycles. The van der Waals surface area contributed by atoms with Crippen LogP contribution in [0.4, 0.5) is 13.2 Å². The van der Waals surface area contributed by atoms with Crippen LogP contribution in [0.5, 0.6) is 5.75 Å². The number of esters is 1. The maximum atomic E-state index is 14.0. The van der Waals surface area contributed by atoms with Gasteiger partial charge in [0, 0.05) is 6.54 Å². The SMILES string of the molecule is CCOC(=O)CNCc1cccc2c(C(F)(F)F)c(OC3CCC(C)CC3)ccc12. The second-order valence-electron chi connectivity index (χ2n) is 7.86. The number of nitrogens with one attached hydrogen (secondary N) is 1. The average Bonchev–Trinajstić information content (AvgIpc) is 2.69. The van der Waals surface area contributed by atoms with Crippen molar-refractivity contribution in [2.45, 2.75) is 58.4 Å². The lowest BCUT2D eigenvalue weighted by atomic mass is 9.89. The Kier molecular flexibility index (Phi) is 7.23. The van der Waals surface area contributed by atoms with Crippen molar-refractivity contribution < 1.29 is 27.4 Å². The van der Waals surface area contributed by atoms with Gasteiger partial charge < -0.3 is 14.8 Å². The molecule has 2 aromatic carbocycles. The maximum absolute atomic E-state index is 14.0. The molecule has 3 rings (SSSR count). The van der Waals surface area contributed by atoms with Crippen LogP contribution >= 0.6 is 0 Å². The molecule has 0 bridgehead atoms. The fourth-order valence-corrected chi connectivity index (χ4v) is 3.99. The zero-order valence-corrected chi connectivity index (χ0v) is 17.3. The van der Waals surface area contributed by atoms with Crippen LogP contribution in [-0.2, 0) is 22.3 Å². The minimum atomic E-state index is -4.53. The summed E-state index contributed by atoms with van der Waals surface area (Å²) in [5, 5.41) is 3.54. The Morgan fingerprint density at radius 1 is 1.10 bits per heavy atom. The number of alkyl halides is 3. The normalized spacial score (nSPS) is 19.6. The van der Waals surface area contributed by atoms with Gasteiger partial charge >= 0.3 is 12.1 Å². The van der Waals surface area contributed by atoms with Crippen LogP contribution in [-0.4, -0.2) is 25.2 Å². The van der Waals surface area contributed by atoms with E-state index in [4.69, 9.17) is 9.47 Å². The minimum absolute atomic E-state index is 0.00233. The lowest BCUT2D eigenvalue weighted by Gasteiger charge is -2.28. The standard InChI is InChI=1S/C23H28F3NO3/c1-3-29-21(28)14-27-13-16-5-4-6-19-18(16)11-12-20(22(19)23(24,25)26)30-17-9-7-15(2)8-10-17/h4-6,11-12,15,17,27H,3,7-10,13-14H2,1-2H3. The largest absolute Gasteiger partial charge is 0.490 e. The first kappa shape index (κ1) is 22.4. The number of rotatable bonds is 7. The Labute approximate surface area is 174 Å². The van der Waals surface area contributed by atoms with Gasteiger partial charge in [0.2, 0.25) is 0 Å². The lowest BCUT2D eigenvalue weighted by Crippen LogP contribution is -2.25. The molecule has 1 N–H and O–H groups in total. The minimum Gasteiger partial charge on any atom is -0.490 e. The molecule has 1 aliphatic carbocycles. The first-order valence-electron chi connectivity index (χ1n) is 10.4. The molecule has 0 aromatic heterocycles. The van der Waals surface area contributed by atoms with Crippen molar-refractivity contribution in [2.24, 2.45) is 5.92 Å². The van der Waals surface area contributed by atoms with Gasteiger partial charge in [-0.25, -0.2) is 0 Å². The number of benzene rings is 2. The van der Waals surface area contributed by atoms with Gasteiger partial charge in [-0.05, 0) is 60.9 Å². The van der Waals surface area contributed by atoms with Gasteiger partial charge in [-0.3, -0.25) is 4.79 Å². The Balaban J connectivity index is 1.87. The molecule has 0 saturated heterocycles. The van der Waals surface area contributed by atoms with E-state index >= 15 is 0 Å². The number of carbonyl (C=O) groups excluding carboxylic acids is 1. The number of ether oxygens (including phenoxy) is 2. The zero-order chi connectivity index (χ0) is 21.7. The van der Waals surface area contributed by atoms with Gasteiger partial charge in [-0.15, -0.1) is 0 Å². The van der Waals surface area contributed by atoms with Crippen molar-refractivity contribution in [1.82, 2.24) is 5.32 Å². The second kappa shape index (κ2) is 9.69. The van der Waals surface area contributed by atoms with Crippen molar-refractivity contribution in [3.63, 3.8) is 0 Å². The van der Waals surface area contributed by atoms with E-state index < -0.39 is 17.7 Å². The van der Waals surface area contributed by atoms with E-state index in [1.807, 2.05) is 0 Å². The highest BCUT2D eigenvalue weighted by Crippen LogP contribution is 2.43. The van der Waals surface area contributed by atoms with Crippen molar-refractivity contribution in [2.75, 3.05) is 13.2 Å². The summed E-state index contributed by atoms with van der Waals surface area (Å²) in [6, 6.07) is 7.93. The first-order chi connectivity index (χ1) is 14.3. The van der Waals surface area contributed by atoms with Gasteiger partial charge in [-0.2, -0.15) is 13.2 Å². The number of fused-ring (bicyclic) bond motifs is 1. The molecule has 7 heteroatoms. The van der Waals surface area contributed by atoms with Crippen LogP contribution in [0.2, 0.25) is 0 Å². The predicted octanol–water partition coefficient (Wildman–Crippen LogP) is 5.47. The Morgan fingerprint density at radius 2 is 1.83 bits per heavy atom. The molecule has 164 valence electrons. The summed E-state index contributed by atoms with van der Waals surface area (Å²) in [5.74, 6) is 0.0885. The van der Waals surface area contributed by atoms with Crippen LogP contribution in [0.1, 0.15) is 50.7 Å². The first-order valence-corrected chi connectivity index (χ1v) is 10.4. The molecule has 0 atom stereocenters. The van der Waals surface area contributed by atoms with Crippen molar-refractivity contribution >= 4 is 16.7 Å². The average molecular weight is 423 g/mol. The molecule has 30 heavy (non-hydrogen) atoms. The lowest BCUT2D eigenvalue weighted by molar-refractivity contribution is -0.142. The Hall–Kier alpha value is -2.28. The molecule has 0 spiro atoms. The van der Waals surface area contributed by atoms with Crippen LogP contribution in [0.15, 0.2) is 30.3 Å². The predicted molar refractivity (Wildman–Crippen MR) is 109 cm³/mol. The van der Waals surface area contributed by atoms with Gasteiger partial charge in [-0.1, -0.05) is 31.2 Å². The topological polar surface area (TPSA) is 47.6 Å². The van der Waals surface area contributed by atoms with Gasteiger partial charge in [0.1, 0.15) is 11.3 Å². The number of halogens is 3. The van der Waals surface area contributed by atoms with E-state index in [0.29, 0.717) is 16.9 Å². The van der Waals surface area contributed by atoms with Gasteiger partial charge in [0.25, 0.3) is 0 Å². The molecule has 1 saturated carbocycles. The summed E-state index contributed by atoms with van der Waals surface area (Å²) in [5.41, 5.74) is -0.0498. The summed E-state index contributed by atoms with van der Waals surface area (Å²) < 4.78 is 52.7. The fraction of sp³-hybridized carbons (Fsp3) is 0.522. The number of hydrogen-bond acceptors (Lipinski definition) is 4. The third-order valence-corrected chi connectivity index (χ3v) is 5.54. The van der Waals surface area contributed by atoms with Crippen LogP contribution in [0, 0.1) is 5.92 Å². The second-order valence-corrected chi connectivity index (χ2v) is 7.86. The molecular weight excluding hydrogens is 395 g/mol. The summed E-state index contributed by atoms with van der Waals surface area (Å²) in [6.07, 6.45) is -1.24. The highest BCUT2D eigenvalue weighted by atomic mass is 19.4. The van der Waals surface area contributed by atoms with Crippen molar-refractivity contribution in [1.29, 1.82) is 0 Å². The molecular formula is C23H28F3NO3. The highest BCUT2D eigenvalue weighted by molar-refractivity contribution is 5.91. The third-order valence-electron chi connectivity index (χ3n) is 5.54. The maximum Gasteiger partial charge on any atom is 0.420 e. The smallest absolute Gasteiger partial charge is 0.420 e. The van der Waals surface area contributed by atoms with E-state index in [1.165, 1.54) is 12.1 Å². The quantitative estimate of drug-likeness (QED) is 0.600. The summed E-state index contributed by atoms with van der Waals surface area (Å²) >= 11 is 0. The van der Waals surface area contributed by atoms with Crippen LogP contribution in [0.3, 0.4) is 0 Å². The van der Waals surface area contributed by atoms with Gasteiger partial charge in [0.15, 0.2) is 0 Å². The summed E-state index contributed by atoms with van der Waals surface area (Å²) in [7, 11) is 0. The molecule has 1 aliphatic rings. The van der Waals surface area contributed by atoms with E-state index in [9.17, 15) is 18.0 Å². The van der Waals surface area contributed by atoms with E-state index in [0.717, 1.165) is 25.7 Å². The zero-order valence-electron chi connectivity index (χ0n) is 17.3. The molecule has 2 aromatic rings. The summed E-state index contributed by atoms with van der Waals surface area (Å²) in [4.78, 5) is 11.5. The number of carbonyl (C=O) groups is 1. The summed E-state index contributed by atoms with van der Waals surface area (Å²) in [6.45, 7) is 4.41. The van der Waals surface area contributed by atoms with Crippen molar-refractivity contribution in [3.05, 3.63) is 41.5 Å². The Morgan fingerprint density at radius 3 is 2.50 bits per heavy atom. The third kappa shape index (κ3) is 5.45. The van der Waals surface area contributed by atoms with Crippen LogP contribution < -0.4 is 10.1 Å². The van der Waals surface area contributed by atoms with E-state index in [-0.39, 0.29) is 36.9 Å². The number of hydrogen-bond donors (Lipinski definition) is 1. The molecule has 0 unspecified atom stereocenters. The Bertz CT molecular complexity index is 874. The molecule has 0 aliphatic heterocycles. The highest BCUT2D eigenvalue weighted by Gasteiger charge is 2.37. The molecule has 0 radical (unpaired) electrons. The molecule has 1 fully saturated rings. The fourth-order valence-electron chi connectivity index (χ4n) is 3.99. The monoisotopic (exact) mass is 423 g/mol. The van der Waals surface area contributed by atoms with Crippen LogP contribution in [0.25, 0.3) is 10.8 Å². The van der Waals surface area contributed by atoms with Crippen molar-refractivity contribution in [3.8, 4) is 5.75 Å². The van der Waals surface area contributed by atoms with E-state index in [1.54, 1.807) is 25.1 Å².